The third-order valence-electron chi connectivity index (χ3n) is 3.07. The zero-order valence-electron chi connectivity index (χ0n) is 10.8. The van der Waals surface area contributed by atoms with Crippen LogP contribution in [0.1, 0.15) is 44.3 Å². The van der Waals surface area contributed by atoms with Crippen LogP contribution in [0.3, 0.4) is 0 Å². The lowest BCUT2D eigenvalue weighted by Gasteiger charge is -2.14. The van der Waals surface area contributed by atoms with Gasteiger partial charge in [0.1, 0.15) is 0 Å². The second kappa shape index (κ2) is 5.48. The highest BCUT2D eigenvalue weighted by Crippen LogP contribution is 2.13. The Kier molecular flexibility index (Phi) is 3.96. The van der Waals surface area contributed by atoms with Gasteiger partial charge < -0.3 is 14.5 Å². The molecule has 1 aliphatic rings. The van der Waals surface area contributed by atoms with Crippen LogP contribution in [0.15, 0.2) is 4.52 Å². The number of carbonyl (C=O) groups excluding carboxylic acids is 1. The monoisotopic (exact) mass is 253 g/mol. The topological polar surface area (TPSA) is 79.5 Å². The molecule has 0 radical (unpaired) electrons. The van der Waals surface area contributed by atoms with Crippen molar-refractivity contribution in [3.05, 3.63) is 11.7 Å². The van der Waals surface area contributed by atoms with Crippen LogP contribution in [0.2, 0.25) is 0 Å². The minimum atomic E-state index is -0.370. The third-order valence-corrected chi connectivity index (χ3v) is 3.07. The van der Waals surface area contributed by atoms with Gasteiger partial charge in [-0.05, 0) is 6.42 Å². The minimum absolute atomic E-state index is 0.0378. The Morgan fingerprint density at radius 2 is 2.39 bits per heavy atom. The fourth-order valence-corrected chi connectivity index (χ4v) is 1.94. The quantitative estimate of drug-likeness (QED) is 0.855. The molecule has 1 aromatic rings. The normalized spacial score (nSPS) is 19.8. The van der Waals surface area contributed by atoms with E-state index in [9.17, 15) is 9.90 Å². The van der Waals surface area contributed by atoms with E-state index in [0.29, 0.717) is 44.1 Å². The number of nitrogens with zero attached hydrogens (tertiary/aromatic N) is 3. The van der Waals surface area contributed by atoms with Gasteiger partial charge in [-0.2, -0.15) is 4.98 Å². The Balaban J connectivity index is 1.81. The fraction of sp³-hybridized carbons (Fsp3) is 0.750. The number of hydrogen-bond donors (Lipinski definition) is 1. The van der Waals surface area contributed by atoms with Crippen LogP contribution in [0.4, 0.5) is 0 Å². The number of carbonyl (C=O) groups is 1. The highest BCUT2D eigenvalue weighted by atomic mass is 16.5. The minimum Gasteiger partial charge on any atom is -0.391 e. The van der Waals surface area contributed by atoms with E-state index >= 15 is 0 Å². The van der Waals surface area contributed by atoms with Crippen molar-refractivity contribution in [3.63, 3.8) is 0 Å². The van der Waals surface area contributed by atoms with E-state index in [1.54, 1.807) is 4.90 Å². The van der Waals surface area contributed by atoms with E-state index in [0.717, 1.165) is 0 Å². The number of amides is 1. The van der Waals surface area contributed by atoms with Gasteiger partial charge in [0, 0.05) is 31.8 Å². The molecule has 2 heterocycles. The summed E-state index contributed by atoms with van der Waals surface area (Å²) in [6.45, 7) is 5.07. The molecule has 1 fully saturated rings. The largest absolute Gasteiger partial charge is 0.391 e. The van der Waals surface area contributed by atoms with Crippen LogP contribution >= 0.6 is 0 Å². The predicted molar refractivity (Wildman–Crippen MR) is 63.9 cm³/mol. The Hall–Kier alpha value is -1.43. The summed E-state index contributed by atoms with van der Waals surface area (Å²) in [5.41, 5.74) is 0. The molecule has 0 aromatic carbocycles. The second-order valence-electron chi connectivity index (χ2n) is 4.98. The summed E-state index contributed by atoms with van der Waals surface area (Å²) in [5.74, 6) is 1.45. The van der Waals surface area contributed by atoms with Gasteiger partial charge in [-0.3, -0.25) is 4.79 Å². The standard InChI is InChI=1S/C12H19N3O3/c1-8(2)12-13-10(18-14-12)3-4-11(17)15-6-5-9(16)7-15/h8-9,16H,3-7H2,1-2H3/t9-/m1/s1. The molecular formula is C12H19N3O3. The van der Waals surface area contributed by atoms with Crippen molar-refractivity contribution in [1.82, 2.24) is 15.0 Å². The van der Waals surface area contributed by atoms with Crippen molar-refractivity contribution < 1.29 is 14.4 Å². The highest BCUT2D eigenvalue weighted by molar-refractivity contribution is 5.76. The lowest BCUT2D eigenvalue weighted by molar-refractivity contribution is -0.130. The van der Waals surface area contributed by atoms with Crippen molar-refractivity contribution >= 4 is 5.91 Å². The average Bonchev–Trinajstić information content (AvgIpc) is 2.94. The summed E-state index contributed by atoms with van der Waals surface area (Å²) >= 11 is 0. The molecule has 1 saturated heterocycles. The summed E-state index contributed by atoms with van der Waals surface area (Å²) in [4.78, 5) is 17.7. The first-order chi connectivity index (χ1) is 8.56. The van der Waals surface area contributed by atoms with Gasteiger partial charge in [0.05, 0.1) is 6.10 Å². The summed E-state index contributed by atoms with van der Waals surface area (Å²) in [6, 6.07) is 0. The van der Waals surface area contributed by atoms with Crippen molar-refractivity contribution in [3.8, 4) is 0 Å². The van der Waals surface area contributed by atoms with E-state index in [4.69, 9.17) is 4.52 Å². The number of likely N-dealkylation sites (tertiary alicyclic amines) is 1. The summed E-state index contributed by atoms with van der Waals surface area (Å²) in [5, 5.41) is 13.2. The average molecular weight is 253 g/mol. The number of β-amino-alcohol motifs (C(OH)–C–C–N with tert-alkyl or cyclic N) is 1. The van der Waals surface area contributed by atoms with E-state index in [2.05, 4.69) is 10.1 Å². The van der Waals surface area contributed by atoms with E-state index in [1.165, 1.54) is 0 Å². The number of aliphatic hydroxyl groups is 1. The Morgan fingerprint density at radius 3 is 2.94 bits per heavy atom. The maximum absolute atomic E-state index is 11.8. The Labute approximate surface area is 106 Å². The summed E-state index contributed by atoms with van der Waals surface area (Å²) in [6.07, 6.45) is 1.12. The van der Waals surface area contributed by atoms with Gasteiger partial charge in [0.15, 0.2) is 5.82 Å². The van der Waals surface area contributed by atoms with E-state index in [1.807, 2.05) is 13.8 Å². The molecule has 18 heavy (non-hydrogen) atoms. The number of aryl methyl sites for hydroxylation is 1. The summed E-state index contributed by atoms with van der Waals surface area (Å²) in [7, 11) is 0. The molecular weight excluding hydrogens is 234 g/mol. The molecule has 1 aliphatic heterocycles. The van der Waals surface area contributed by atoms with E-state index < -0.39 is 0 Å². The molecule has 6 heteroatoms. The fourth-order valence-electron chi connectivity index (χ4n) is 1.94. The first kappa shape index (κ1) is 13.0. The molecule has 1 aromatic heterocycles. The van der Waals surface area contributed by atoms with Crippen molar-refractivity contribution in [2.75, 3.05) is 13.1 Å². The Bertz CT molecular complexity index is 416. The van der Waals surface area contributed by atoms with Gasteiger partial charge in [-0.1, -0.05) is 19.0 Å². The molecule has 100 valence electrons. The zero-order valence-corrected chi connectivity index (χ0v) is 10.8. The van der Waals surface area contributed by atoms with Gasteiger partial charge in [-0.25, -0.2) is 0 Å². The molecule has 0 unspecified atom stereocenters. The van der Waals surface area contributed by atoms with Crippen LogP contribution < -0.4 is 0 Å². The van der Waals surface area contributed by atoms with Crippen LogP contribution in [0, 0.1) is 0 Å². The lowest BCUT2D eigenvalue weighted by Crippen LogP contribution is -2.29. The van der Waals surface area contributed by atoms with Crippen LogP contribution in [-0.2, 0) is 11.2 Å². The smallest absolute Gasteiger partial charge is 0.227 e. The molecule has 2 rings (SSSR count). The number of hydrogen-bond acceptors (Lipinski definition) is 5. The predicted octanol–water partition coefficient (Wildman–Crippen LogP) is 0.719. The van der Waals surface area contributed by atoms with E-state index in [-0.39, 0.29) is 17.9 Å². The molecule has 0 saturated carbocycles. The SMILES string of the molecule is CC(C)c1noc(CCC(=O)N2CC[C@@H](O)C2)n1. The highest BCUT2D eigenvalue weighted by Gasteiger charge is 2.24. The zero-order chi connectivity index (χ0) is 13.1. The van der Waals surface area contributed by atoms with Crippen molar-refractivity contribution in [2.45, 2.75) is 45.1 Å². The molecule has 0 aliphatic carbocycles. The maximum atomic E-state index is 11.8. The molecule has 1 N–H and O–H groups in total. The summed E-state index contributed by atoms with van der Waals surface area (Å²) < 4.78 is 5.08. The number of aromatic nitrogens is 2. The maximum Gasteiger partial charge on any atom is 0.227 e. The number of aliphatic hydroxyl groups excluding tert-OH is 1. The first-order valence-corrected chi connectivity index (χ1v) is 6.34. The van der Waals surface area contributed by atoms with Gasteiger partial charge in [0.25, 0.3) is 0 Å². The molecule has 6 nitrogen and oxygen atoms in total. The third kappa shape index (κ3) is 3.07. The molecule has 0 spiro atoms. The second-order valence-corrected chi connectivity index (χ2v) is 4.98. The van der Waals surface area contributed by atoms with Crippen molar-refractivity contribution in [2.24, 2.45) is 0 Å². The van der Waals surface area contributed by atoms with Gasteiger partial charge in [-0.15, -0.1) is 0 Å². The molecule has 1 amide bonds. The van der Waals surface area contributed by atoms with Gasteiger partial charge >= 0.3 is 0 Å². The van der Waals surface area contributed by atoms with Crippen molar-refractivity contribution in [1.29, 1.82) is 0 Å². The lowest BCUT2D eigenvalue weighted by atomic mass is 10.2. The van der Waals surface area contributed by atoms with Crippen LogP contribution in [0.5, 0.6) is 0 Å². The number of rotatable bonds is 4. The Morgan fingerprint density at radius 1 is 1.61 bits per heavy atom. The van der Waals surface area contributed by atoms with Gasteiger partial charge in [0.2, 0.25) is 11.8 Å². The van der Waals surface area contributed by atoms with Crippen LogP contribution in [-0.4, -0.2) is 45.2 Å². The molecule has 1 atom stereocenters. The molecule has 0 bridgehead atoms. The first-order valence-electron chi connectivity index (χ1n) is 6.34. The van der Waals surface area contributed by atoms with Crippen LogP contribution in [0.25, 0.3) is 0 Å².